The molecule has 0 spiro atoms. The zero-order valence-electron chi connectivity index (χ0n) is 6.56. The van der Waals surface area contributed by atoms with Gasteiger partial charge in [0, 0.05) is 0 Å². The predicted octanol–water partition coefficient (Wildman–Crippen LogP) is -0.360. The Balaban J connectivity index is 3.29. The highest BCUT2D eigenvalue weighted by Crippen LogP contribution is 2.18. The van der Waals surface area contributed by atoms with Crippen LogP contribution in [-0.4, -0.2) is 13.6 Å². The Morgan fingerprint density at radius 2 is 1.92 bits per heavy atom. The minimum atomic E-state index is -3.74. The topological polar surface area (TPSA) is 104 Å². The Hall–Kier alpha value is -1.15. The number of hydrazine groups is 1. The summed E-state index contributed by atoms with van der Waals surface area (Å²) in [7, 11) is -3.74. The van der Waals surface area contributed by atoms with Gasteiger partial charge >= 0.3 is 0 Å². The van der Waals surface area contributed by atoms with Crippen LogP contribution in [0.15, 0.2) is 29.2 Å². The fourth-order valence-corrected chi connectivity index (χ4v) is 1.64. The number of para-hydroxylation sites is 1. The molecule has 5 N–H and O–H groups in total. The van der Waals surface area contributed by atoms with Gasteiger partial charge in [0.05, 0.1) is 5.69 Å². The molecule has 0 saturated carbocycles. The first-order valence-electron chi connectivity index (χ1n) is 3.33. The van der Waals surface area contributed by atoms with E-state index in [0.717, 1.165) is 0 Å². The highest BCUT2D eigenvalue weighted by atomic mass is 32.2. The van der Waals surface area contributed by atoms with E-state index < -0.39 is 10.0 Å². The maximum absolute atomic E-state index is 11.2. The van der Waals surface area contributed by atoms with Crippen LogP contribution in [0.2, 0.25) is 0 Å². The monoisotopic (exact) mass is 203 g/mol. The minimum absolute atomic E-state index is 0.0699. The SMILES string of the molecule is NNS(=O)(=O)c1ccccc1NO. The first kappa shape index (κ1) is 9.93. The van der Waals surface area contributed by atoms with Crippen LogP contribution in [-0.2, 0) is 10.0 Å². The zero-order chi connectivity index (χ0) is 9.90. The maximum atomic E-state index is 11.2. The number of anilines is 1. The lowest BCUT2D eigenvalue weighted by atomic mass is 10.3. The summed E-state index contributed by atoms with van der Waals surface area (Å²) >= 11 is 0. The molecule has 0 unspecified atom stereocenters. The molecule has 0 aliphatic rings. The molecule has 1 aromatic carbocycles. The largest absolute Gasteiger partial charge is 0.291 e. The summed E-state index contributed by atoms with van der Waals surface area (Å²) in [6.07, 6.45) is 0. The maximum Gasteiger partial charge on any atom is 0.255 e. The van der Waals surface area contributed by atoms with Gasteiger partial charge in [-0.1, -0.05) is 12.1 Å². The van der Waals surface area contributed by atoms with Crippen molar-refractivity contribution in [3.8, 4) is 0 Å². The van der Waals surface area contributed by atoms with Crippen LogP contribution in [0.1, 0.15) is 0 Å². The van der Waals surface area contributed by atoms with E-state index in [4.69, 9.17) is 11.0 Å². The van der Waals surface area contributed by atoms with E-state index in [1.54, 1.807) is 16.4 Å². The molecule has 72 valence electrons. The fourth-order valence-electron chi connectivity index (χ4n) is 0.857. The normalized spacial score (nSPS) is 11.2. The lowest BCUT2D eigenvalue weighted by Gasteiger charge is -2.06. The van der Waals surface area contributed by atoms with Crippen LogP contribution in [0.3, 0.4) is 0 Å². The van der Waals surface area contributed by atoms with Crippen molar-refractivity contribution >= 4 is 15.7 Å². The first-order chi connectivity index (χ1) is 6.11. The van der Waals surface area contributed by atoms with E-state index in [1.807, 2.05) is 0 Å². The van der Waals surface area contributed by atoms with Crippen molar-refractivity contribution in [3.05, 3.63) is 24.3 Å². The Labute approximate surface area is 75.4 Å². The summed E-state index contributed by atoms with van der Waals surface area (Å²) in [6.45, 7) is 0. The predicted molar refractivity (Wildman–Crippen MR) is 46.4 cm³/mol. The van der Waals surface area contributed by atoms with Gasteiger partial charge in [0.2, 0.25) is 0 Å². The van der Waals surface area contributed by atoms with Crippen LogP contribution in [0.25, 0.3) is 0 Å². The number of rotatable bonds is 3. The summed E-state index contributed by atoms with van der Waals surface area (Å²) in [5, 5.41) is 8.59. The van der Waals surface area contributed by atoms with Crippen molar-refractivity contribution in [2.75, 3.05) is 5.48 Å². The van der Waals surface area contributed by atoms with E-state index in [-0.39, 0.29) is 10.6 Å². The summed E-state index contributed by atoms with van der Waals surface area (Å²) in [5.74, 6) is 4.81. The molecular formula is C6H9N3O3S. The molecule has 0 aliphatic carbocycles. The van der Waals surface area contributed by atoms with Gasteiger partial charge in [0.1, 0.15) is 4.90 Å². The smallest absolute Gasteiger partial charge is 0.255 e. The standard InChI is InChI=1S/C6H9N3O3S/c7-9-13(11,12)6-4-2-1-3-5(6)8-10/h1-4,8-10H,7H2. The highest BCUT2D eigenvalue weighted by molar-refractivity contribution is 7.89. The second-order valence-electron chi connectivity index (χ2n) is 2.23. The number of sulfonamides is 1. The van der Waals surface area contributed by atoms with Crippen molar-refractivity contribution in [2.45, 2.75) is 4.90 Å². The van der Waals surface area contributed by atoms with Crippen molar-refractivity contribution in [1.82, 2.24) is 4.83 Å². The van der Waals surface area contributed by atoms with E-state index in [0.29, 0.717) is 0 Å². The Morgan fingerprint density at radius 3 is 2.46 bits per heavy atom. The van der Waals surface area contributed by atoms with Crippen LogP contribution >= 0.6 is 0 Å². The van der Waals surface area contributed by atoms with Crippen LogP contribution in [0.5, 0.6) is 0 Å². The van der Waals surface area contributed by atoms with Gasteiger partial charge in [-0.15, -0.1) is 4.83 Å². The molecule has 1 aromatic rings. The van der Waals surface area contributed by atoms with Crippen LogP contribution in [0, 0.1) is 0 Å². The molecule has 0 atom stereocenters. The third kappa shape index (κ3) is 1.95. The van der Waals surface area contributed by atoms with Crippen molar-refractivity contribution in [3.63, 3.8) is 0 Å². The molecule has 0 heterocycles. The molecule has 0 aliphatic heterocycles. The average molecular weight is 203 g/mol. The minimum Gasteiger partial charge on any atom is -0.291 e. The lowest BCUT2D eigenvalue weighted by Crippen LogP contribution is -2.30. The first-order valence-corrected chi connectivity index (χ1v) is 4.81. The van der Waals surface area contributed by atoms with Gasteiger partial charge in [-0.3, -0.25) is 16.5 Å². The molecule has 0 bridgehead atoms. The van der Waals surface area contributed by atoms with Crippen molar-refractivity contribution in [2.24, 2.45) is 5.84 Å². The molecule has 6 nitrogen and oxygen atoms in total. The van der Waals surface area contributed by atoms with E-state index >= 15 is 0 Å². The number of hydrogen-bond donors (Lipinski definition) is 4. The number of nitrogens with two attached hydrogens (primary N) is 1. The molecule has 7 heteroatoms. The summed E-state index contributed by atoms with van der Waals surface area (Å²) in [6, 6.07) is 5.82. The Bertz CT molecular complexity index is 390. The van der Waals surface area contributed by atoms with Gasteiger partial charge in [-0.2, -0.15) is 0 Å². The highest BCUT2D eigenvalue weighted by Gasteiger charge is 2.15. The van der Waals surface area contributed by atoms with Gasteiger partial charge in [0.15, 0.2) is 0 Å². The van der Waals surface area contributed by atoms with Crippen LogP contribution < -0.4 is 16.2 Å². The van der Waals surface area contributed by atoms with Crippen molar-refractivity contribution in [1.29, 1.82) is 0 Å². The van der Waals surface area contributed by atoms with Crippen LogP contribution in [0.4, 0.5) is 5.69 Å². The second kappa shape index (κ2) is 3.71. The van der Waals surface area contributed by atoms with E-state index in [9.17, 15) is 8.42 Å². The molecule has 0 fully saturated rings. The number of nitrogens with one attached hydrogen (secondary N) is 2. The number of hydrogen-bond acceptors (Lipinski definition) is 5. The second-order valence-corrected chi connectivity index (χ2v) is 3.91. The van der Waals surface area contributed by atoms with Gasteiger partial charge in [-0.25, -0.2) is 8.42 Å². The Kier molecular flexibility index (Phi) is 2.83. The van der Waals surface area contributed by atoms with Gasteiger partial charge in [0.25, 0.3) is 10.0 Å². The Morgan fingerprint density at radius 1 is 1.31 bits per heavy atom. The molecule has 13 heavy (non-hydrogen) atoms. The molecule has 0 saturated heterocycles. The summed E-state index contributed by atoms with van der Waals surface area (Å²) in [5.41, 5.74) is 1.83. The zero-order valence-corrected chi connectivity index (χ0v) is 7.38. The quantitative estimate of drug-likeness (QED) is 0.396. The molecule has 0 radical (unpaired) electrons. The van der Waals surface area contributed by atoms with Gasteiger partial charge < -0.3 is 0 Å². The lowest BCUT2D eigenvalue weighted by molar-refractivity contribution is 0.386. The summed E-state index contributed by atoms with van der Waals surface area (Å²) < 4.78 is 22.4. The molecule has 1 rings (SSSR count). The fraction of sp³-hybridized carbons (Fsp3) is 0. The van der Waals surface area contributed by atoms with Crippen molar-refractivity contribution < 1.29 is 13.6 Å². The molecule has 0 aromatic heterocycles. The molecular weight excluding hydrogens is 194 g/mol. The third-order valence-electron chi connectivity index (χ3n) is 1.45. The van der Waals surface area contributed by atoms with E-state index in [1.165, 1.54) is 18.2 Å². The number of benzene rings is 1. The van der Waals surface area contributed by atoms with Gasteiger partial charge in [-0.05, 0) is 12.1 Å². The molecule has 0 amide bonds. The average Bonchev–Trinajstić information content (AvgIpc) is 2.18. The van der Waals surface area contributed by atoms with E-state index in [2.05, 4.69) is 0 Å². The third-order valence-corrected chi connectivity index (χ3v) is 2.70. The summed E-state index contributed by atoms with van der Waals surface area (Å²) in [4.78, 5) is 1.54.